The van der Waals surface area contributed by atoms with Crippen molar-refractivity contribution in [3.05, 3.63) is 16.6 Å². The van der Waals surface area contributed by atoms with E-state index in [0.717, 1.165) is 0 Å². The monoisotopic (exact) mass is 290 g/mol. The number of benzene rings is 1. The highest BCUT2D eigenvalue weighted by molar-refractivity contribution is 9.10. The van der Waals surface area contributed by atoms with Gasteiger partial charge in [0, 0.05) is 4.47 Å². The molecule has 0 spiro atoms. The SMILES string of the molecule is Nc1nc2cc(Br)c(S(N)(=O)=O)cc2[nH]1. The van der Waals surface area contributed by atoms with Crippen molar-refractivity contribution in [2.24, 2.45) is 5.14 Å². The number of primary sulfonamides is 1. The Bertz CT molecular complexity index is 634. The van der Waals surface area contributed by atoms with E-state index >= 15 is 0 Å². The summed E-state index contributed by atoms with van der Waals surface area (Å²) in [6.07, 6.45) is 0. The van der Waals surface area contributed by atoms with Gasteiger partial charge >= 0.3 is 0 Å². The molecule has 0 saturated heterocycles. The third-order valence-electron chi connectivity index (χ3n) is 1.86. The molecule has 0 saturated carbocycles. The number of rotatable bonds is 1. The molecule has 0 fully saturated rings. The van der Waals surface area contributed by atoms with Crippen molar-refractivity contribution in [1.29, 1.82) is 0 Å². The van der Waals surface area contributed by atoms with Crippen molar-refractivity contribution in [2.45, 2.75) is 4.90 Å². The number of aromatic amines is 1. The fraction of sp³-hybridized carbons (Fsp3) is 0. The fourth-order valence-corrected chi connectivity index (χ4v) is 2.87. The summed E-state index contributed by atoms with van der Waals surface area (Å²) in [6.45, 7) is 0. The maximum atomic E-state index is 11.2. The normalized spacial score (nSPS) is 12.1. The van der Waals surface area contributed by atoms with Crippen LogP contribution >= 0.6 is 15.9 Å². The number of nitrogens with one attached hydrogen (secondary N) is 1. The zero-order valence-corrected chi connectivity index (χ0v) is 9.76. The molecule has 0 aliphatic heterocycles. The van der Waals surface area contributed by atoms with Gasteiger partial charge < -0.3 is 10.7 Å². The molecular formula is C7H7BrN4O2S. The van der Waals surface area contributed by atoms with Crippen molar-refractivity contribution < 1.29 is 8.42 Å². The second-order valence-corrected chi connectivity index (χ2v) is 5.35. The first-order chi connectivity index (χ1) is 6.88. The molecule has 15 heavy (non-hydrogen) atoms. The van der Waals surface area contributed by atoms with Crippen LogP contribution in [-0.4, -0.2) is 18.4 Å². The van der Waals surface area contributed by atoms with E-state index in [9.17, 15) is 8.42 Å². The Hall–Kier alpha value is -1.12. The quantitative estimate of drug-likeness (QED) is 0.711. The van der Waals surface area contributed by atoms with Crippen LogP contribution in [0.4, 0.5) is 5.95 Å². The second kappa shape index (κ2) is 3.19. The number of halogens is 1. The molecule has 0 radical (unpaired) electrons. The first-order valence-electron chi connectivity index (χ1n) is 3.85. The molecule has 0 bridgehead atoms. The largest absolute Gasteiger partial charge is 0.369 e. The summed E-state index contributed by atoms with van der Waals surface area (Å²) in [7, 11) is -3.75. The van der Waals surface area contributed by atoms with Crippen molar-refractivity contribution in [1.82, 2.24) is 9.97 Å². The molecule has 0 amide bonds. The zero-order valence-electron chi connectivity index (χ0n) is 7.36. The Kier molecular flexibility index (Phi) is 2.21. The summed E-state index contributed by atoms with van der Waals surface area (Å²) in [5.74, 6) is 0.225. The topological polar surface area (TPSA) is 115 Å². The Morgan fingerprint density at radius 1 is 1.40 bits per heavy atom. The number of nitrogens with two attached hydrogens (primary N) is 2. The van der Waals surface area contributed by atoms with Crippen LogP contribution in [0.15, 0.2) is 21.5 Å². The summed E-state index contributed by atoms with van der Waals surface area (Å²) >= 11 is 3.11. The van der Waals surface area contributed by atoms with Crippen LogP contribution < -0.4 is 10.9 Å². The first kappa shape index (κ1) is 10.4. The Morgan fingerprint density at radius 3 is 2.67 bits per heavy atom. The molecule has 2 aromatic rings. The van der Waals surface area contributed by atoms with E-state index in [1.54, 1.807) is 6.07 Å². The van der Waals surface area contributed by atoms with Crippen LogP contribution in [0.3, 0.4) is 0 Å². The van der Waals surface area contributed by atoms with Gasteiger partial charge in [-0.2, -0.15) is 0 Å². The molecule has 8 heteroatoms. The molecule has 2 rings (SSSR count). The van der Waals surface area contributed by atoms with Gasteiger partial charge in [0.15, 0.2) is 5.95 Å². The molecule has 6 nitrogen and oxygen atoms in total. The number of H-pyrrole nitrogens is 1. The predicted octanol–water partition coefficient (Wildman–Crippen LogP) is 0.555. The maximum Gasteiger partial charge on any atom is 0.239 e. The van der Waals surface area contributed by atoms with Crippen LogP contribution in [0, 0.1) is 0 Å². The van der Waals surface area contributed by atoms with Gasteiger partial charge in [0.05, 0.1) is 15.9 Å². The molecule has 0 atom stereocenters. The van der Waals surface area contributed by atoms with Gasteiger partial charge in [0.2, 0.25) is 10.0 Å². The van der Waals surface area contributed by atoms with Crippen LogP contribution in [0.2, 0.25) is 0 Å². The molecule has 1 aromatic heterocycles. The third kappa shape index (κ3) is 1.83. The molecule has 0 aliphatic rings. The van der Waals surface area contributed by atoms with Crippen LogP contribution in [0.25, 0.3) is 11.0 Å². The van der Waals surface area contributed by atoms with Crippen molar-refractivity contribution in [2.75, 3.05) is 5.73 Å². The van der Waals surface area contributed by atoms with Crippen LogP contribution in [0.1, 0.15) is 0 Å². The number of hydrogen-bond donors (Lipinski definition) is 3. The highest BCUT2D eigenvalue weighted by Crippen LogP contribution is 2.26. The number of imidazole rings is 1. The average molecular weight is 291 g/mol. The number of sulfonamides is 1. The minimum absolute atomic E-state index is 0.00125. The molecule has 0 aliphatic carbocycles. The lowest BCUT2D eigenvalue weighted by Crippen LogP contribution is -2.12. The van der Waals surface area contributed by atoms with E-state index in [1.165, 1.54) is 6.07 Å². The van der Waals surface area contributed by atoms with Crippen molar-refractivity contribution in [3.8, 4) is 0 Å². The van der Waals surface area contributed by atoms with Crippen molar-refractivity contribution in [3.63, 3.8) is 0 Å². The number of fused-ring (bicyclic) bond motifs is 1. The number of anilines is 1. The van der Waals surface area contributed by atoms with Gasteiger partial charge in [-0.25, -0.2) is 18.5 Å². The smallest absolute Gasteiger partial charge is 0.239 e. The lowest BCUT2D eigenvalue weighted by molar-refractivity contribution is 0.597. The first-order valence-corrected chi connectivity index (χ1v) is 6.19. The standard InChI is InChI=1S/C7H7BrN4O2S/c8-3-1-4-5(12-7(9)11-4)2-6(3)15(10,13)14/h1-2H,(H3,9,11,12)(H2,10,13,14). The number of aromatic nitrogens is 2. The minimum atomic E-state index is -3.75. The minimum Gasteiger partial charge on any atom is -0.369 e. The summed E-state index contributed by atoms with van der Waals surface area (Å²) in [5.41, 5.74) is 6.54. The number of nitrogens with zero attached hydrogens (tertiary/aromatic N) is 1. The lowest BCUT2D eigenvalue weighted by Gasteiger charge is -2.00. The lowest BCUT2D eigenvalue weighted by atomic mass is 10.3. The van der Waals surface area contributed by atoms with Gasteiger partial charge in [-0.15, -0.1) is 0 Å². The number of nitrogen functional groups attached to an aromatic ring is 1. The zero-order chi connectivity index (χ0) is 11.2. The summed E-state index contributed by atoms with van der Waals surface area (Å²) in [6, 6.07) is 2.93. The molecule has 1 aromatic carbocycles. The molecule has 0 unspecified atom stereocenters. The fourth-order valence-electron chi connectivity index (χ4n) is 1.25. The molecule has 5 N–H and O–H groups in total. The highest BCUT2D eigenvalue weighted by atomic mass is 79.9. The third-order valence-corrected chi connectivity index (χ3v) is 3.73. The summed E-state index contributed by atoms with van der Waals surface area (Å²) in [4.78, 5) is 6.68. The van der Waals surface area contributed by atoms with E-state index in [2.05, 4.69) is 25.9 Å². The number of hydrogen-bond acceptors (Lipinski definition) is 4. The highest BCUT2D eigenvalue weighted by Gasteiger charge is 2.14. The summed E-state index contributed by atoms with van der Waals surface area (Å²) < 4.78 is 22.7. The van der Waals surface area contributed by atoms with Gasteiger partial charge in [-0.05, 0) is 28.1 Å². The molecule has 80 valence electrons. The van der Waals surface area contributed by atoms with E-state index in [0.29, 0.717) is 15.5 Å². The second-order valence-electron chi connectivity index (χ2n) is 2.97. The van der Waals surface area contributed by atoms with Crippen molar-refractivity contribution >= 4 is 42.9 Å². The van der Waals surface area contributed by atoms with E-state index in [1.807, 2.05) is 0 Å². The van der Waals surface area contributed by atoms with Gasteiger partial charge in [-0.3, -0.25) is 0 Å². The molecule has 1 heterocycles. The Balaban J connectivity index is 2.83. The van der Waals surface area contributed by atoms with E-state index in [4.69, 9.17) is 10.9 Å². The maximum absolute atomic E-state index is 11.2. The van der Waals surface area contributed by atoms with Gasteiger partial charge in [0.1, 0.15) is 0 Å². The van der Waals surface area contributed by atoms with Crippen LogP contribution in [0.5, 0.6) is 0 Å². The van der Waals surface area contributed by atoms with Gasteiger partial charge in [0.25, 0.3) is 0 Å². The van der Waals surface area contributed by atoms with E-state index in [-0.39, 0.29) is 10.8 Å². The molecular weight excluding hydrogens is 284 g/mol. The predicted molar refractivity (Wildman–Crippen MR) is 59.6 cm³/mol. The Labute approximate surface area is 93.8 Å². The van der Waals surface area contributed by atoms with Gasteiger partial charge in [-0.1, -0.05) is 0 Å². The summed E-state index contributed by atoms with van der Waals surface area (Å²) in [5, 5.41) is 5.03. The van der Waals surface area contributed by atoms with Crippen LogP contribution in [-0.2, 0) is 10.0 Å². The average Bonchev–Trinajstić information content (AvgIpc) is 2.40. The Morgan fingerprint density at radius 2 is 2.07 bits per heavy atom. The van der Waals surface area contributed by atoms with E-state index < -0.39 is 10.0 Å².